The van der Waals surface area contributed by atoms with E-state index in [0.717, 1.165) is 32.2 Å². The molecule has 4 aromatic rings. The highest BCUT2D eigenvalue weighted by Gasteiger charge is 2.50. The summed E-state index contributed by atoms with van der Waals surface area (Å²) in [5, 5.41) is 4.84. The average Bonchev–Trinajstić information content (AvgIpc) is 3.74. The van der Waals surface area contributed by atoms with Gasteiger partial charge >= 0.3 is 6.01 Å². The molecule has 0 amide bonds. The first-order valence-electron chi connectivity index (χ1n) is 16.8. The van der Waals surface area contributed by atoms with Crippen molar-refractivity contribution >= 4 is 27.5 Å². The fraction of sp³-hybridized carbons (Fsp3) is 0.472. The summed E-state index contributed by atoms with van der Waals surface area (Å²) in [5.74, 6) is 2.04. The second-order valence-corrected chi connectivity index (χ2v) is 13.8. The molecule has 0 unspecified atom stereocenters. The van der Waals surface area contributed by atoms with E-state index in [9.17, 15) is 4.39 Å². The number of benzene rings is 2. The predicted octanol–water partition coefficient (Wildman–Crippen LogP) is 4.74. The second kappa shape index (κ2) is 11.6. The van der Waals surface area contributed by atoms with Crippen LogP contribution in [0.1, 0.15) is 37.7 Å². The van der Waals surface area contributed by atoms with Gasteiger partial charge in [-0.15, -0.1) is 6.42 Å². The van der Waals surface area contributed by atoms with Gasteiger partial charge in [-0.1, -0.05) is 12.0 Å². The number of halogens is 3. The highest BCUT2D eigenvalue weighted by atomic mass is 19.1. The van der Waals surface area contributed by atoms with Crippen LogP contribution >= 0.6 is 0 Å². The third-order valence-electron chi connectivity index (χ3n) is 10.9. The largest absolute Gasteiger partial charge is 0.475 e. The van der Waals surface area contributed by atoms with Gasteiger partial charge in [-0.05, 0) is 55.8 Å². The second-order valence-electron chi connectivity index (χ2n) is 13.8. The third-order valence-corrected chi connectivity index (χ3v) is 10.9. The first-order valence-corrected chi connectivity index (χ1v) is 16.8. The summed E-state index contributed by atoms with van der Waals surface area (Å²) in [5.41, 5.74) is -0.452. The van der Waals surface area contributed by atoms with E-state index in [1.807, 2.05) is 0 Å². The van der Waals surface area contributed by atoms with Crippen molar-refractivity contribution in [2.45, 2.75) is 61.9 Å². The molecule has 0 saturated carbocycles. The van der Waals surface area contributed by atoms with Crippen LogP contribution < -0.4 is 24.4 Å². The molecular weight excluding hydrogens is 637 g/mol. The lowest BCUT2D eigenvalue weighted by atomic mass is 9.95. The van der Waals surface area contributed by atoms with Gasteiger partial charge in [0.05, 0.1) is 17.1 Å². The van der Waals surface area contributed by atoms with Crippen LogP contribution in [0.4, 0.5) is 19.0 Å². The molecule has 0 radical (unpaired) electrons. The number of anilines is 1. The van der Waals surface area contributed by atoms with Gasteiger partial charge in [0.15, 0.2) is 12.6 Å². The van der Waals surface area contributed by atoms with Crippen LogP contribution in [0.15, 0.2) is 24.3 Å². The van der Waals surface area contributed by atoms with Gasteiger partial charge in [0.2, 0.25) is 5.88 Å². The Kier molecular flexibility index (Phi) is 7.26. The molecule has 1 N–H and O–H groups in total. The van der Waals surface area contributed by atoms with Crippen molar-refractivity contribution < 1.29 is 32.1 Å². The Bertz CT molecular complexity index is 2040. The number of fused-ring (bicyclic) bond motifs is 7. The number of nitrogens with zero attached hydrogens (tertiary/aromatic N) is 5. The molecular formula is C36H35F3N6O4. The van der Waals surface area contributed by atoms with E-state index in [4.69, 9.17) is 35.3 Å². The van der Waals surface area contributed by atoms with Crippen LogP contribution in [0.25, 0.3) is 32.9 Å². The number of hydrogen-bond donors (Lipinski definition) is 1. The molecule has 5 aliphatic heterocycles. The molecule has 254 valence electrons. The van der Waals surface area contributed by atoms with E-state index in [1.165, 1.54) is 13.2 Å². The Morgan fingerprint density at radius 2 is 2.02 bits per heavy atom. The first-order chi connectivity index (χ1) is 23.9. The number of ether oxygens (including phenoxy) is 4. The molecule has 7 heterocycles. The SMILES string of the molecule is C#Cc1c(F)ccc2cc(OCOC)cc(-c3nc4c5c(nc(OC[C@@]67CCCN6C[C@H](F)C7)nc5c3F)N3C[C@H]5CC[C@H](N5)[C@H]3CO4)c12. The highest BCUT2D eigenvalue weighted by molar-refractivity contribution is 6.04. The maximum absolute atomic E-state index is 17.3. The predicted molar refractivity (Wildman–Crippen MR) is 176 cm³/mol. The summed E-state index contributed by atoms with van der Waals surface area (Å²) in [6.45, 7) is 2.24. The Hall–Kier alpha value is -4.38. The lowest BCUT2D eigenvalue weighted by Gasteiger charge is -2.40. The molecule has 9 rings (SSSR count). The Morgan fingerprint density at radius 1 is 1.12 bits per heavy atom. The summed E-state index contributed by atoms with van der Waals surface area (Å²) in [6, 6.07) is 6.38. The molecule has 4 saturated heterocycles. The topological polar surface area (TPSA) is 94.1 Å². The molecule has 0 aliphatic carbocycles. The summed E-state index contributed by atoms with van der Waals surface area (Å²) < 4.78 is 70.6. The number of nitrogens with one attached hydrogen (secondary N) is 1. The van der Waals surface area contributed by atoms with Crippen LogP contribution in [0.2, 0.25) is 0 Å². The fourth-order valence-corrected chi connectivity index (χ4v) is 8.76. The highest BCUT2D eigenvalue weighted by Crippen LogP contribution is 2.46. The van der Waals surface area contributed by atoms with Crippen molar-refractivity contribution in [1.29, 1.82) is 0 Å². The van der Waals surface area contributed by atoms with E-state index < -0.39 is 23.3 Å². The molecule has 0 spiro atoms. The number of piperazine rings is 1. The Labute approximate surface area is 280 Å². The maximum atomic E-state index is 17.3. The van der Waals surface area contributed by atoms with Crippen LogP contribution in [0.5, 0.6) is 17.6 Å². The number of hydrogen-bond acceptors (Lipinski definition) is 10. The van der Waals surface area contributed by atoms with Crippen molar-refractivity contribution in [3.05, 3.63) is 41.5 Å². The molecule has 13 heteroatoms. The summed E-state index contributed by atoms with van der Waals surface area (Å²) in [7, 11) is 1.49. The zero-order chi connectivity index (χ0) is 33.4. The van der Waals surface area contributed by atoms with E-state index >= 15 is 8.78 Å². The van der Waals surface area contributed by atoms with Gasteiger partial charge in [0.25, 0.3) is 0 Å². The molecule has 49 heavy (non-hydrogen) atoms. The fourth-order valence-electron chi connectivity index (χ4n) is 8.76. The van der Waals surface area contributed by atoms with Crippen molar-refractivity contribution in [2.24, 2.45) is 0 Å². The van der Waals surface area contributed by atoms with Crippen molar-refractivity contribution in [2.75, 3.05) is 51.7 Å². The standard InChI is InChI=1S/C36H35F3N6O4/c1-3-23-25(38)7-5-19-11-22(49-18-46-2)12-24(28(19)23)31-30(39)32-29-33(45-15-21-6-8-26(40-21)27(45)16-47-34(29)41-31)43-35(42-32)48-17-36-9-4-10-44(36)14-20(37)13-36/h1,5,7,11-12,20-21,26-27,40H,4,6,8-10,13-18H2,2H3/t20-,21-,26+,27-,36+/m1/s1. The zero-order valence-electron chi connectivity index (χ0n) is 27.0. The van der Waals surface area contributed by atoms with Crippen LogP contribution in [-0.4, -0.2) is 96.4 Å². The minimum absolute atomic E-state index is 0.00282. The number of alkyl halides is 1. The number of terminal acetylenes is 1. The quantitative estimate of drug-likeness (QED) is 0.219. The lowest BCUT2D eigenvalue weighted by Crippen LogP contribution is -2.60. The third kappa shape index (κ3) is 4.87. The van der Waals surface area contributed by atoms with E-state index in [-0.39, 0.29) is 72.4 Å². The van der Waals surface area contributed by atoms with Gasteiger partial charge in [-0.2, -0.15) is 9.97 Å². The molecule has 10 nitrogen and oxygen atoms in total. The van der Waals surface area contributed by atoms with Gasteiger partial charge in [-0.3, -0.25) is 4.90 Å². The Morgan fingerprint density at radius 3 is 2.88 bits per heavy atom. The Balaban J connectivity index is 1.24. The summed E-state index contributed by atoms with van der Waals surface area (Å²) in [4.78, 5) is 18.6. The number of pyridine rings is 1. The van der Waals surface area contributed by atoms with Gasteiger partial charge < -0.3 is 29.2 Å². The van der Waals surface area contributed by atoms with E-state index in [1.54, 1.807) is 18.2 Å². The first kappa shape index (κ1) is 30.7. The molecule has 5 atom stereocenters. The molecule has 5 aliphatic rings. The minimum atomic E-state index is -0.926. The van der Waals surface area contributed by atoms with Crippen molar-refractivity contribution in [1.82, 2.24) is 25.2 Å². The zero-order valence-corrected chi connectivity index (χ0v) is 27.0. The summed E-state index contributed by atoms with van der Waals surface area (Å²) in [6.07, 6.45) is 9.00. The minimum Gasteiger partial charge on any atom is -0.475 e. The molecule has 2 bridgehead atoms. The smallest absolute Gasteiger partial charge is 0.319 e. The molecule has 4 fully saturated rings. The summed E-state index contributed by atoms with van der Waals surface area (Å²) >= 11 is 0. The van der Waals surface area contributed by atoms with Gasteiger partial charge in [0.1, 0.15) is 53.4 Å². The van der Waals surface area contributed by atoms with Crippen LogP contribution in [0, 0.1) is 24.0 Å². The van der Waals surface area contributed by atoms with Gasteiger partial charge in [-0.25, -0.2) is 18.2 Å². The van der Waals surface area contributed by atoms with Gasteiger partial charge in [0, 0.05) is 49.7 Å². The molecule has 2 aromatic heterocycles. The van der Waals surface area contributed by atoms with Crippen LogP contribution in [-0.2, 0) is 4.74 Å². The average molecular weight is 673 g/mol. The van der Waals surface area contributed by atoms with E-state index in [2.05, 4.69) is 26.0 Å². The normalized spacial score (nSPS) is 27.1. The molecule has 2 aromatic carbocycles. The monoisotopic (exact) mass is 672 g/mol. The van der Waals surface area contributed by atoms with Crippen LogP contribution in [0.3, 0.4) is 0 Å². The van der Waals surface area contributed by atoms with E-state index in [0.29, 0.717) is 47.2 Å². The number of rotatable bonds is 7. The number of aromatic nitrogens is 3. The van der Waals surface area contributed by atoms with Crippen molar-refractivity contribution in [3.8, 4) is 41.2 Å². The maximum Gasteiger partial charge on any atom is 0.319 e. The number of methoxy groups -OCH3 is 1. The lowest BCUT2D eigenvalue weighted by molar-refractivity contribution is 0.0512. The van der Waals surface area contributed by atoms with Crippen molar-refractivity contribution in [3.63, 3.8) is 0 Å².